The molecule has 0 aliphatic heterocycles. The molecule has 1 amide bonds. The number of pyridine rings is 1. The number of aryl methyl sites for hydroxylation is 3. The Morgan fingerprint density at radius 1 is 1.22 bits per heavy atom. The van der Waals surface area contributed by atoms with E-state index in [1.54, 1.807) is 6.07 Å². The SMILES string of the molecule is Cc1ccc(NC(=O)c2sc3nc(C)c(C)cc3c2N)cc1Cl. The molecule has 118 valence electrons. The Bertz CT molecular complexity index is 933. The third-order valence-electron chi connectivity index (χ3n) is 3.80. The standard InChI is InChI=1S/C17H16ClN3OS/c1-8-4-5-11(7-13(8)18)21-16(22)15-14(19)12-6-9(2)10(3)20-17(12)23-15/h4-7H,19H2,1-3H3,(H,21,22). The highest BCUT2D eigenvalue weighted by atomic mass is 35.5. The summed E-state index contributed by atoms with van der Waals surface area (Å²) in [6.07, 6.45) is 0. The quantitative estimate of drug-likeness (QED) is 0.706. The molecule has 0 saturated carbocycles. The first-order valence-corrected chi connectivity index (χ1v) is 8.30. The number of halogens is 1. The van der Waals surface area contributed by atoms with E-state index in [9.17, 15) is 4.79 Å². The summed E-state index contributed by atoms with van der Waals surface area (Å²) in [6.45, 7) is 5.83. The highest BCUT2D eigenvalue weighted by Gasteiger charge is 2.18. The molecule has 0 radical (unpaired) electrons. The highest BCUT2D eigenvalue weighted by Crippen LogP contribution is 2.34. The lowest BCUT2D eigenvalue weighted by molar-refractivity contribution is 0.103. The number of thiophene rings is 1. The number of anilines is 2. The molecule has 3 aromatic rings. The number of nitrogens with two attached hydrogens (primary N) is 1. The number of hydrogen-bond acceptors (Lipinski definition) is 4. The molecular weight excluding hydrogens is 330 g/mol. The summed E-state index contributed by atoms with van der Waals surface area (Å²) in [5.41, 5.74) is 10.2. The van der Waals surface area contributed by atoms with Crippen molar-refractivity contribution in [3.63, 3.8) is 0 Å². The molecule has 2 aromatic heterocycles. The van der Waals surface area contributed by atoms with Gasteiger partial charge in [-0.2, -0.15) is 0 Å². The fourth-order valence-electron chi connectivity index (χ4n) is 2.26. The zero-order valence-corrected chi connectivity index (χ0v) is 14.6. The van der Waals surface area contributed by atoms with Gasteiger partial charge < -0.3 is 11.1 Å². The van der Waals surface area contributed by atoms with Crippen LogP contribution in [-0.2, 0) is 0 Å². The van der Waals surface area contributed by atoms with E-state index < -0.39 is 0 Å². The summed E-state index contributed by atoms with van der Waals surface area (Å²) >= 11 is 7.39. The normalized spacial score (nSPS) is 11.0. The number of hydrogen-bond donors (Lipinski definition) is 2. The van der Waals surface area contributed by atoms with Crippen molar-refractivity contribution in [2.75, 3.05) is 11.1 Å². The van der Waals surface area contributed by atoms with Gasteiger partial charge in [-0.15, -0.1) is 11.3 Å². The van der Waals surface area contributed by atoms with Crippen molar-refractivity contribution >= 4 is 50.4 Å². The predicted octanol–water partition coefficient (Wildman–Crippen LogP) is 4.71. The van der Waals surface area contributed by atoms with E-state index in [0.29, 0.717) is 21.3 Å². The van der Waals surface area contributed by atoms with Crippen molar-refractivity contribution in [1.29, 1.82) is 0 Å². The molecule has 0 bridgehead atoms. The molecular formula is C17H16ClN3OS. The minimum Gasteiger partial charge on any atom is -0.397 e. The Kier molecular flexibility index (Phi) is 4.00. The number of fused-ring (bicyclic) bond motifs is 1. The van der Waals surface area contributed by atoms with E-state index in [-0.39, 0.29) is 5.91 Å². The van der Waals surface area contributed by atoms with Gasteiger partial charge in [-0.3, -0.25) is 4.79 Å². The molecule has 2 heterocycles. The molecule has 0 spiro atoms. The van der Waals surface area contributed by atoms with Crippen molar-refractivity contribution in [3.8, 4) is 0 Å². The van der Waals surface area contributed by atoms with Crippen molar-refractivity contribution in [1.82, 2.24) is 4.98 Å². The van der Waals surface area contributed by atoms with Crippen molar-refractivity contribution in [3.05, 3.63) is 51.0 Å². The number of nitrogens with zero attached hydrogens (tertiary/aromatic N) is 1. The predicted molar refractivity (Wildman–Crippen MR) is 97.6 cm³/mol. The molecule has 0 aliphatic rings. The van der Waals surface area contributed by atoms with E-state index in [1.807, 2.05) is 39.0 Å². The third-order valence-corrected chi connectivity index (χ3v) is 5.32. The maximum atomic E-state index is 12.5. The Morgan fingerprint density at radius 3 is 2.65 bits per heavy atom. The third kappa shape index (κ3) is 2.90. The number of benzene rings is 1. The van der Waals surface area contributed by atoms with E-state index in [0.717, 1.165) is 27.0 Å². The van der Waals surface area contributed by atoms with Crippen LogP contribution >= 0.6 is 22.9 Å². The first-order valence-electron chi connectivity index (χ1n) is 7.10. The summed E-state index contributed by atoms with van der Waals surface area (Å²) in [5, 5.41) is 4.27. The zero-order valence-electron chi connectivity index (χ0n) is 13.0. The Morgan fingerprint density at radius 2 is 1.96 bits per heavy atom. The van der Waals surface area contributed by atoms with Crippen LogP contribution in [0.15, 0.2) is 24.3 Å². The van der Waals surface area contributed by atoms with Gasteiger partial charge in [0.05, 0.1) is 5.69 Å². The lowest BCUT2D eigenvalue weighted by Gasteiger charge is -2.06. The molecule has 23 heavy (non-hydrogen) atoms. The van der Waals surface area contributed by atoms with E-state index in [4.69, 9.17) is 17.3 Å². The van der Waals surface area contributed by atoms with E-state index in [2.05, 4.69) is 10.3 Å². The van der Waals surface area contributed by atoms with Crippen LogP contribution in [0.3, 0.4) is 0 Å². The topological polar surface area (TPSA) is 68.0 Å². The van der Waals surface area contributed by atoms with Gasteiger partial charge in [0.1, 0.15) is 9.71 Å². The first-order chi connectivity index (χ1) is 10.9. The number of nitrogens with one attached hydrogen (secondary N) is 1. The van der Waals surface area contributed by atoms with Crippen LogP contribution in [0.2, 0.25) is 5.02 Å². The monoisotopic (exact) mass is 345 g/mol. The van der Waals surface area contributed by atoms with Crippen LogP contribution in [0.1, 0.15) is 26.5 Å². The highest BCUT2D eigenvalue weighted by molar-refractivity contribution is 7.21. The lowest BCUT2D eigenvalue weighted by atomic mass is 10.1. The maximum absolute atomic E-state index is 12.5. The van der Waals surface area contributed by atoms with Crippen molar-refractivity contribution in [2.24, 2.45) is 0 Å². The van der Waals surface area contributed by atoms with Gasteiger partial charge >= 0.3 is 0 Å². The molecule has 6 heteroatoms. The van der Waals surface area contributed by atoms with E-state index in [1.165, 1.54) is 11.3 Å². The second-order valence-corrected chi connectivity index (χ2v) is 6.91. The minimum absolute atomic E-state index is 0.249. The van der Waals surface area contributed by atoms with Crippen LogP contribution in [0.4, 0.5) is 11.4 Å². The van der Waals surface area contributed by atoms with E-state index >= 15 is 0 Å². The van der Waals surface area contributed by atoms with Crippen LogP contribution in [0, 0.1) is 20.8 Å². The van der Waals surface area contributed by atoms with Crippen LogP contribution in [0.5, 0.6) is 0 Å². The number of rotatable bonds is 2. The number of carbonyl (C=O) groups is 1. The summed E-state index contributed by atoms with van der Waals surface area (Å²) in [7, 11) is 0. The van der Waals surface area contributed by atoms with Gasteiger partial charge in [0, 0.05) is 21.8 Å². The molecule has 0 unspecified atom stereocenters. The summed E-state index contributed by atoms with van der Waals surface area (Å²) in [5.74, 6) is -0.249. The van der Waals surface area contributed by atoms with Crippen LogP contribution in [0.25, 0.3) is 10.2 Å². The number of nitrogen functional groups attached to an aromatic ring is 1. The number of aromatic nitrogens is 1. The van der Waals surface area contributed by atoms with Crippen molar-refractivity contribution in [2.45, 2.75) is 20.8 Å². The van der Waals surface area contributed by atoms with Gasteiger partial charge in [-0.1, -0.05) is 17.7 Å². The molecule has 4 nitrogen and oxygen atoms in total. The van der Waals surface area contributed by atoms with Gasteiger partial charge in [0.15, 0.2) is 0 Å². The van der Waals surface area contributed by atoms with Gasteiger partial charge in [-0.05, 0) is 50.1 Å². The molecule has 3 N–H and O–H groups in total. The largest absolute Gasteiger partial charge is 0.397 e. The summed E-state index contributed by atoms with van der Waals surface area (Å²) < 4.78 is 0. The zero-order chi connectivity index (χ0) is 16.7. The Labute approximate surface area is 143 Å². The molecule has 0 fully saturated rings. The number of carbonyl (C=O) groups excluding carboxylic acids is 1. The van der Waals surface area contributed by atoms with Crippen molar-refractivity contribution < 1.29 is 4.79 Å². The number of amides is 1. The molecule has 1 aromatic carbocycles. The smallest absolute Gasteiger partial charge is 0.267 e. The minimum atomic E-state index is -0.249. The first kappa shape index (κ1) is 15.8. The van der Waals surface area contributed by atoms with Crippen LogP contribution in [-0.4, -0.2) is 10.9 Å². The maximum Gasteiger partial charge on any atom is 0.267 e. The Hall–Kier alpha value is -2.11. The average Bonchev–Trinajstić information content (AvgIpc) is 2.80. The molecule has 0 saturated heterocycles. The van der Waals surface area contributed by atoms with Gasteiger partial charge in [0.25, 0.3) is 5.91 Å². The molecule has 3 rings (SSSR count). The summed E-state index contributed by atoms with van der Waals surface area (Å²) in [4.78, 5) is 18.3. The second kappa shape index (κ2) is 5.83. The summed E-state index contributed by atoms with van der Waals surface area (Å²) in [6, 6.07) is 7.38. The van der Waals surface area contributed by atoms with Gasteiger partial charge in [0.2, 0.25) is 0 Å². The average molecular weight is 346 g/mol. The van der Waals surface area contributed by atoms with Crippen LogP contribution < -0.4 is 11.1 Å². The molecule has 0 aliphatic carbocycles. The second-order valence-electron chi connectivity index (χ2n) is 5.51. The fraction of sp³-hybridized carbons (Fsp3) is 0.176. The fourth-order valence-corrected chi connectivity index (χ4v) is 3.45. The molecule has 0 atom stereocenters. The lowest BCUT2D eigenvalue weighted by Crippen LogP contribution is -2.11. The van der Waals surface area contributed by atoms with Gasteiger partial charge in [-0.25, -0.2) is 4.98 Å². The Balaban J connectivity index is 1.97.